The highest BCUT2D eigenvalue weighted by Crippen LogP contribution is 2.17. The minimum atomic E-state index is -0.266. The molecule has 3 rings (SSSR count). The number of hydrogen-bond donors (Lipinski definition) is 1. The largest absolute Gasteiger partial charge is 0.335 e. The van der Waals surface area contributed by atoms with Gasteiger partial charge in [0.2, 0.25) is 5.91 Å². The maximum atomic E-state index is 12.5. The Balaban J connectivity index is 1.53. The second-order valence-electron chi connectivity index (χ2n) is 5.98. The molecular formula is C18H20ClN3O2S. The SMILES string of the molecule is C[C@@H](C(=O)Nc1cccc(Cl)c1)N1CCN(C(=O)c2cccs2)CC1. The highest BCUT2D eigenvalue weighted by molar-refractivity contribution is 7.12. The molecule has 0 unspecified atom stereocenters. The number of amides is 2. The molecule has 1 aromatic heterocycles. The van der Waals surface area contributed by atoms with Crippen molar-refractivity contribution in [3.63, 3.8) is 0 Å². The number of nitrogens with one attached hydrogen (secondary N) is 1. The predicted octanol–water partition coefficient (Wildman–Crippen LogP) is 3.19. The van der Waals surface area contributed by atoms with Gasteiger partial charge in [-0.25, -0.2) is 0 Å². The Bertz CT molecular complexity index is 743. The monoisotopic (exact) mass is 377 g/mol. The van der Waals surface area contributed by atoms with Crippen LogP contribution in [0.15, 0.2) is 41.8 Å². The molecule has 1 atom stereocenters. The van der Waals surface area contributed by atoms with Gasteiger partial charge in [-0.05, 0) is 36.6 Å². The van der Waals surface area contributed by atoms with E-state index in [1.165, 1.54) is 11.3 Å². The Morgan fingerprint density at radius 2 is 1.92 bits per heavy atom. The van der Waals surface area contributed by atoms with Crippen LogP contribution >= 0.6 is 22.9 Å². The second kappa shape index (κ2) is 7.99. The summed E-state index contributed by atoms with van der Waals surface area (Å²) >= 11 is 7.41. The molecule has 7 heteroatoms. The number of halogens is 1. The van der Waals surface area contributed by atoms with Crippen LogP contribution < -0.4 is 5.32 Å². The molecule has 1 fully saturated rings. The van der Waals surface area contributed by atoms with Crippen LogP contribution in [0.25, 0.3) is 0 Å². The average Bonchev–Trinajstić information content (AvgIpc) is 3.15. The van der Waals surface area contributed by atoms with E-state index in [-0.39, 0.29) is 17.9 Å². The van der Waals surface area contributed by atoms with Gasteiger partial charge in [-0.2, -0.15) is 0 Å². The maximum absolute atomic E-state index is 12.5. The van der Waals surface area contributed by atoms with Gasteiger partial charge >= 0.3 is 0 Å². The van der Waals surface area contributed by atoms with E-state index in [1.807, 2.05) is 35.4 Å². The Morgan fingerprint density at radius 3 is 2.56 bits per heavy atom. The molecule has 1 aliphatic rings. The molecule has 0 bridgehead atoms. The average molecular weight is 378 g/mol. The lowest BCUT2D eigenvalue weighted by atomic mass is 10.2. The van der Waals surface area contributed by atoms with Gasteiger partial charge < -0.3 is 10.2 Å². The molecular weight excluding hydrogens is 358 g/mol. The first kappa shape index (κ1) is 17.9. The topological polar surface area (TPSA) is 52.7 Å². The third-order valence-corrected chi connectivity index (χ3v) is 5.45. The van der Waals surface area contributed by atoms with E-state index < -0.39 is 0 Å². The van der Waals surface area contributed by atoms with Crippen molar-refractivity contribution in [1.29, 1.82) is 0 Å². The summed E-state index contributed by atoms with van der Waals surface area (Å²) in [6.45, 7) is 4.51. The fourth-order valence-electron chi connectivity index (χ4n) is 2.85. The van der Waals surface area contributed by atoms with Gasteiger partial charge in [-0.15, -0.1) is 11.3 Å². The number of thiophene rings is 1. The van der Waals surface area contributed by atoms with Crippen LogP contribution in [0.5, 0.6) is 0 Å². The molecule has 2 aromatic rings. The van der Waals surface area contributed by atoms with Gasteiger partial charge in [0.15, 0.2) is 0 Å². The van der Waals surface area contributed by atoms with Crippen molar-refractivity contribution in [1.82, 2.24) is 9.80 Å². The smallest absolute Gasteiger partial charge is 0.264 e. The summed E-state index contributed by atoms with van der Waals surface area (Å²) in [5.41, 5.74) is 0.691. The van der Waals surface area contributed by atoms with E-state index in [0.717, 1.165) is 4.88 Å². The van der Waals surface area contributed by atoms with Crippen molar-refractivity contribution in [3.8, 4) is 0 Å². The molecule has 2 heterocycles. The molecule has 25 heavy (non-hydrogen) atoms. The van der Waals surface area contributed by atoms with Crippen molar-refractivity contribution < 1.29 is 9.59 Å². The fraction of sp³-hybridized carbons (Fsp3) is 0.333. The number of carbonyl (C=O) groups excluding carboxylic acids is 2. The molecule has 0 radical (unpaired) electrons. The van der Waals surface area contributed by atoms with Crippen molar-refractivity contribution >= 4 is 40.4 Å². The number of benzene rings is 1. The van der Waals surface area contributed by atoms with Gasteiger partial charge in [0.1, 0.15) is 0 Å². The summed E-state index contributed by atoms with van der Waals surface area (Å²) in [5, 5.41) is 5.39. The van der Waals surface area contributed by atoms with Crippen LogP contribution in [0.4, 0.5) is 5.69 Å². The lowest BCUT2D eigenvalue weighted by Gasteiger charge is -2.37. The zero-order chi connectivity index (χ0) is 17.8. The molecule has 1 aliphatic heterocycles. The third kappa shape index (κ3) is 4.39. The van der Waals surface area contributed by atoms with Crippen LogP contribution in [0, 0.1) is 0 Å². The molecule has 2 amide bonds. The molecule has 0 aliphatic carbocycles. The zero-order valence-electron chi connectivity index (χ0n) is 13.9. The number of piperazine rings is 1. The van der Waals surface area contributed by atoms with Crippen LogP contribution in [0.3, 0.4) is 0 Å². The van der Waals surface area contributed by atoms with Crippen molar-refractivity contribution in [3.05, 3.63) is 51.7 Å². The quantitative estimate of drug-likeness (QED) is 0.890. The Kier molecular flexibility index (Phi) is 5.73. The Labute approximate surface area is 156 Å². The summed E-state index contributed by atoms with van der Waals surface area (Å²) in [6.07, 6.45) is 0. The predicted molar refractivity (Wildman–Crippen MR) is 101 cm³/mol. The lowest BCUT2D eigenvalue weighted by Crippen LogP contribution is -2.53. The van der Waals surface area contributed by atoms with Crippen LogP contribution in [0.2, 0.25) is 5.02 Å². The minimum absolute atomic E-state index is 0.0692. The normalized spacial score (nSPS) is 16.5. The number of rotatable bonds is 4. The number of anilines is 1. The fourth-order valence-corrected chi connectivity index (χ4v) is 3.73. The molecule has 5 nitrogen and oxygen atoms in total. The first-order valence-corrected chi connectivity index (χ1v) is 9.43. The van der Waals surface area contributed by atoms with Gasteiger partial charge in [0, 0.05) is 36.9 Å². The van der Waals surface area contributed by atoms with E-state index in [4.69, 9.17) is 11.6 Å². The molecule has 132 valence electrons. The van der Waals surface area contributed by atoms with E-state index in [2.05, 4.69) is 10.2 Å². The molecule has 0 saturated carbocycles. The van der Waals surface area contributed by atoms with Gasteiger partial charge in [0.05, 0.1) is 10.9 Å². The van der Waals surface area contributed by atoms with E-state index in [9.17, 15) is 9.59 Å². The van der Waals surface area contributed by atoms with E-state index in [0.29, 0.717) is 36.9 Å². The standard InChI is InChI=1S/C18H20ClN3O2S/c1-13(17(23)20-15-5-2-4-14(19)12-15)21-7-9-22(10-8-21)18(24)16-6-3-11-25-16/h2-6,11-13H,7-10H2,1H3,(H,20,23)/t13-/m0/s1. The number of carbonyl (C=O) groups is 2. The molecule has 1 N–H and O–H groups in total. The first-order chi connectivity index (χ1) is 12.0. The van der Waals surface area contributed by atoms with Gasteiger partial charge in [-0.3, -0.25) is 14.5 Å². The first-order valence-electron chi connectivity index (χ1n) is 8.18. The minimum Gasteiger partial charge on any atom is -0.335 e. The number of nitrogens with zero attached hydrogens (tertiary/aromatic N) is 2. The van der Waals surface area contributed by atoms with Crippen LogP contribution in [-0.4, -0.2) is 53.8 Å². The Morgan fingerprint density at radius 1 is 1.16 bits per heavy atom. The van der Waals surface area contributed by atoms with Crippen LogP contribution in [0.1, 0.15) is 16.6 Å². The van der Waals surface area contributed by atoms with Crippen LogP contribution in [-0.2, 0) is 4.79 Å². The summed E-state index contributed by atoms with van der Waals surface area (Å²) in [6, 6.07) is 10.6. The molecule has 1 saturated heterocycles. The molecule has 0 spiro atoms. The van der Waals surface area contributed by atoms with Gasteiger partial charge in [-0.1, -0.05) is 23.7 Å². The summed E-state index contributed by atoms with van der Waals surface area (Å²) in [4.78, 5) is 29.5. The van der Waals surface area contributed by atoms with E-state index >= 15 is 0 Å². The molecule has 1 aromatic carbocycles. The second-order valence-corrected chi connectivity index (χ2v) is 7.37. The van der Waals surface area contributed by atoms with Gasteiger partial charge in [0.25, 0.3) is 5.91 Å². The highest BCUT2D eigenvalue weighted by Gasteiger charge is 2.28. The summed E-state index contributed by atoms with van der Waals surface area (Å²) in [5.74, 6) is 0.00554. The highest BCUT2D eigenvalue weighted by atomic mass is 35.5. The van der Waals surface area contributed by atoms with Crippen molar-refractivity contribution in [2.45, 2.75) is 13.0 Å². The summed E-state index contributed by atoms with van der Waals surface area (Å²) < 4.78 is 0. The maximum Gasteiger partial charge on any atom is 0.264 e. The van der Waals surface area contributed by atoms with E-state index in [1.54, 1.807) is 18.2 Å². The summed E-state index contributed by atoms with van der Waals surface area (Å²) in [7, 11) is 0. The lowest BCUT2D eigenvalue weighted by molar-refractivity contribution is -0.121. The van der Waals surface area contributed by atoms with Crippen molar-refractivity contribution in [2.75, 3.05) is 31.5 Å². The third-order valence-electron chi connectivity index (χ3n) is 4.35. The zero-order valence-corrected chi connectivity index (χ0v) is 15.5. The number of hydrogen-bond acceptors (Lipinski definition) is 4. The Hall–Kier alpha value is -1.89. The van der Waals surface area contributed by atoms with Crippen molar-refractivity contribution in [2.24, 2.45) is 0 Å².